The maximum atomic E-state index is 12.6. The van der Waals surface area contributed by atoms with Crippen molar-refractivity contribution in [2.45, 2.75) is 19.8 Å². The fourth-order valence-corrected chi connectivity index (χ4v) is 3.40. The molecule has 2 saturated heterocycles. The van der Waals surface area contributed by atoms with Crippen LogP contribution in [-0.2, 0) is 9.59 Å². The maximum absolute atomic E-state index is 12.6. The van der Waals surface area contributed by atoms with Gasteiger partial charge in [-0.1, -0.05) is 13.3 Å². The highest BCUT2D eigenvalue weighted by atomic mass is 16.5. The van der Waals surface area contributed by atoms with Crippen LogP contribution in [0.25, 0.3) is 0 Å². The van der Waals surface area contributed by atoms with Gasteiger partial charge in [0.05, 0.1) is 13.8 Å². The van der Waals surface area contributed by atoms with Gasteiger partial charge < -0.3 is 9.64 Å². The number of amides is 5. The van der Waals surface area contributed by atoms with Crippen LogP contribution in [0.4, 0.5) is 4.79 Å². The molecule has 1 aromatic rings. The van der Waals surface area contributed by atoms with E-state index in [1.54, 1.807) is 36.3 Å². The number of piperazine rings is 1. The molecule has 1 aromatic carbocycles. The monoisotopic (exact) mass is 402 g/mol. The maximum Gasteiger partial charge on any atom is 0.335 e. The van der Waals surface area contributed by atoms with Crippen LogP contribution in [0.3, 0.4) is 0 Å². The fourth-order valence-electron chi connectivity index (χ4n) is 3.40. The summed E-state index contributed by atoms with van der Waals surface area (Å²) in [6.45, 7) is 4.28. The molecule has 5 amide bonds. The van der Waals surface area contributed by atoms with Crippen LogP contribution >= 0.6 is 0 Å². The smallest absolute Gasteiger partial charge is 0.335 e. The number of urea groups is 1. The highest BCUT2D eigenvalue weighted by molar-refractivity contribution is 6.44. The standard InChI is InChI=1S/C20H26N4O5/c1-3-4-9-23-18(26)19(27)24(20(23)28)14-21-10-12-22(13-11-21)17(25)15-5-7-16(29-2)8-6-15/h5-8H,3-4,9-14H2,1-2H3. The molecule has 0 radical (unpaired) electrons. The van der Waals surface area contributed by atoms with Gasteiger partial charge in [0, 0.05) is 38.3 Å². The van der Waals surface area contributed by atoms with Crippen molar-refractivity contribution in [3.05, 3.63) is 29.8 Å². The Balaban J connectivity index is 1.54. The Labute approximate surface area is 169 Å². The quantitative estimate of drug-likeness (QED) is 0.499. The number of hydrogen-bond donors (Lipinski definition) is 0. The third kappa shape index (κ3) is 4.40. The second kappa shape index (κ2) is 9.04. The van der Waals surface area contributed by atoms with Crippen LogP contribution in [0.15, 0.2) is 24.3 Å². The Kier molecular flexibility index (Phi) is 6.48. The molecule has 0 saturated carbocycles. The van der Waals surface area contributed by atoms with Gasteiger partial charge in [0.15, 0.2) is 0 Å². The second-order valence-electron chi connectivity index (χ2n) is 7.11. The van der Waals surface area contributed by atoms with E-state index in [4.69, 9.17) is 4.74 Å². The summed E-state index contributed by atoms with van der Waals surface area (Å²) in [5, 5.41) is 0. The lowest BCUT2D eigenvalue weighted by Gasteiger charge is -2.35. The van der Waals surface area contributed by atoms with Gasteiger partial charge in [-0.15, -0.1) is 0 Å². The molecule has 29 heavy (non-hydrogen) atoms. The number of ether oxygens (including phenoxy) is 1. The molecule has 9 heteroatoms. The van der Waals surface area contributed by atoms with Crippen molar-refractivity contribution < 1.29 is 23.9 Å². The fraction of sp³-hybridized carbons (Fsp3) is 0.500. The van der Waals surface area contributed by atoms with E-state index in [2.05, 4.69) is 0 Å². The summed E-state index contributed by atoms with van der Waals surface area (Å²) in [7, 11) is 1.57. The number of hydrogen-bond acceptors (Lipinski definition) is 6. The van der Waals surface area contributed by atoms with E-state index < -0.39 is 17.8 Å². The number of methoxy groups -OCH3 is 1. The number of carbonyl (C=O) groups excluding carboxylic acids is 4. The van der Waals surface area contributed by atoms with E-state index in [1.807, 2.05) is 11.8 Å². The van der Waals surface area contributed by atoms with Gasteiger partial charge in [-0.05, 0) is 30.7 Å². The van der Waals surface area contributed by atoms with E-state index in [0.717, 1.165) is 16.2 Å². The lowest BCUT2D eigenvalue weighted by molar-refractivity contribution is -0.144. The number of imide groups is 2. The summed E-state index contributed by atoms with van der Waals surface area (Å²) < 4.78 is 5.11. The average molecular weight is 402 g/mol. The van der Waals surface area contributed by atoms with Crippen LogP contribution in [0, 0.1) is 0 Å². The summed E-state index contributed by atoms with van der Waals surface area (Å²) in [4.78, 5) is 55.0. The summed E-state index contributed by atoms with van der Waals surface area (Å²) in [6.07, 6.45) is 1.50. The van der Waals surface area contributed by atoms with Gasteiger partial charge in [-0.25, -0.2) is 9.69 Å². The van der Waals surface area contributed by atoms with Crippen LogP contribution in [0.2, 0.25) is 0 Å². The van der Waals surface area contributed by atoms with Crippen molar-refractivity contribution in [3.8, 4) is 5.75 Å². The lowest BCUT2D eigenvalue weighted by atomic mass is 10.1. The Bertz CT molecular complexity index is 787. The summed E-state index contributed by atoms with van der Waals surface area (Å²) >= 11 is 0. The largest absolute Gasteiger partial charge is 0.497 e. The molecule has 0 unspecified atom stereocenters. The Morgan fingerprint density at radius 2 is 1.59 bits per heavy atom. The third-order valence-corrected chi connectivity index (χ3v) is 5.21. The minimum Gasteiger partial charge on any atom is -0.497 e. The molecule has 0 bridgehead atoms. The molecule has 2 fully saturated rings. The minimum absolute atomic E-state index is 0.0661. The number of carbonyl (C=O) groups is 4. The second-order valence-corrected chi connectivity index (χ2v) is 7.11. The zero-order chi connectivity index (χ0) is 21.0. The van der Waals surface area contributed by atoms with Crippen LogP contribution in [0.1, 0.15) is 30.1 Å². The van der Waals surface area contributed by atoms with Crippen LogP contribution in [-0.4, -0.2) is 89.9 Å². The van der Waals surface area contributed by atoms with Gasteiger partial charge in [0.1, 0.15) is 5.75 Å². The predicted octanol–water partition coefficient (Wildman–Crippen LogP) is 1.00. The minimum atomic E-state index is -0.775. The van der Waals surface area contributed by atoms with Gasteiger partial charge in [-0.2, -0.15) is 0 Å². The van der Waals surface area contributed by atoms with Crippen molar-refractivity contribution in [1.29, 1.82) is 0 Å². The molecule has 0 aromatic heterocycles. The average Bonchev–Trinajstić information content (AvgIpc) is 2.95. The molecular weight excluding hydrogens is 376 g/mol. The number of benzene rings is 1. The van der Waals surface area contributed by atoms with E-state index in [9.17, 15) is 19.2 Å². The SMILES string of the molecule is CCCCN1C(=O)C(=O)N(CN2CCN(C(=O)c3ccc(OC)cc3)CC2)C1=O. The van der Waals surface area contributed by atoms with Crippen molar-refractivity contribution in [1.82, 2.24) is 19.6 Å². The highest BCUT2D eigenvalue weighted by Crippen LogP contribution is 2.17. The number of rotatable bonds is 7. The summed E-state index contributed by atoms with van der Waals surface area (Å²) in [5.74, 6) is -0.907. The van der Waals surface area contributed by atoms with Crippen LogP contribution in [0.5, 0.6) is 5.75 Å². The molecule has 0 spiro atoms. The first kappa shape index (κ1) is 20.8. The first-order valence-electron chi connectivity index (χ1n) is 9.79. The van der Waals surface area contributed by atoms with Crippen molar-refractivity contribution >= 4 is 23.8 Å². The lowest BCUT2D eigenvalue weighted by Crippen LogP contribution is -2.52. The normalized spacial score (nSPS) is 18.0. The first-order chi connectivity index (χ1) is 14.0. The zero-order valence-electron chi connectivity index (χ0n) is 16.8. The molecular formula is C20H26N4O5. The predicted molar refractivity (Wildman–Crippen MR) is 104 cm³/mol. The van der Waals surface area contributed by atoms with E-state index >= 15 is 0 Å². The van der Waals surface area contributed by atoms with Crippen molar-refractivity contribution in [3.63, 3.8) is 0 Å². The molecule has 2 heterocycles. The van der Waals surface area contributed by atoms with Crippen LogP contribution < -0.4 is 4.74 Å². The first-order valence-corrected chi connectivity index (χ1v) is 9.79. The Hall–Kier alpha value is -2.94. The molecule has 0 N–H and O–H groups in total. The van der Waals surface area contributed by atoms with Crippen molar-refractivity contribution in [2.24, 2.45) is 0 Å². The molecule has 2 aliphatic heterocycles. The molecule has 9 nitrogen and oxygen atoms in total. The highest BCUT2D eigenvalue weighted by Gasteiger charge is 2.44. The Morgan fingerprint density at radius 3 is 2.17 bits per heavy atom. The van der Waals surface area contributed by atoms with E-state index in [-0.39, 0.29) is 19.1 Å². The van der Waals surface area contributed by atoms with Gasteiger partial charge in [0.2, 0.25) is 0 Å². The van der Waals surface area contributed by atoms with Gasteiger partial charge in [0.25, 0.3) is 5.91 Å². The van der Waals surface area contributed by atoms with E-state index in [0.29, 0.717) is 43.9 Å². The molecule has 3 rings (SSSR count). The zero-order valence-corrected chi connectivity index (χ0v) is 16.8. The Morgan fingerprint density at radius 1 is 0.966 bits per heavy atom. The van der Waals surface area contributed by atoms with Gasteiger partial charge >= 0.3 is 17.8 Å². The molecule has 0 aliphatic carbocycles. The topological polar surface area (TPSA) is 90.5 Å². The number of nitrogens with zero attached hydrogens (tertiary/aromatic N) is 4. The summed E-state index contributed by atoms with van der Waals surface area (Å²) in [6, 6.07) is 6.40. The molecule has 0 atom stereocenters. The summed E-state index contributed by atoms with van der Waals surface area (Å²) in [5.41, 5.74) is 0.585. The molecule has 156 valence electrons. The number of unbranched alkanes of at least 4 members (excludes halogenated alkanes) is 1. The van der Waals surface area contributed by atoms with Gasteiger partial charge in [-0.3, -0.25) is 24.2 Å². The van der Waals surface area contributed by atoms with Crippen molar-refractivity contribution in [2.75, 3.05) is 46.5 Å². The third-order valence-electron chi connectivity index (χ3n) is 5.21. The molecule has 2 aliphatic rings. The van der Waals surface area contributed by atoms with E-state index in [1.165, 1.54) is 0 Å².